The number of rotatable bonds is 2. The highest BCUT2D eigenvalue weighted by atomic mass is 19.1. The molecule has 1 fully saturated rings. The maximum Gasteiger partial charge on any atom is 0.330 e. The quantitative estimate of drug-likeness (QED) is 0.578. The summed E-state index contributed by atoms with van der Waals surface area (Å²) in [6, 6.07) is 0. The summed E-state index contributed by atoms with van der Waals surface area (Å²) in [4.78, 5) is 24.0. The fraction of sp³-hybridized carbons (Fsp3) is 0.556. The lowest BCUT2D eigenvalue weighted by molar-refractivity contribution is -0.0535. The first-order chi connectivity index (χ1) is 8.02. The predicted octanol–water partition coefficient (Wildman–Crippen LogP) is -1.68. The van der Waals surface area contributed by atoms with Crippen molar-refractivity contribution >= 4 is 0 Å². The lowest BCUT2D eigenvalue weighted by Gasteiger charge is -2.16. The van der Waals surface area contributed by atoms with Crippen LogP contribution in [0.4, 0.5) is 4.39 Å². The molecule has 0 aromatic carbocycles. The maximum absolute atomic E-state index is 13.0. The average molecular weight is 246 g/mol. The summed E-state index contributed by atoms with van der Waals surface area (Å²) in [7, 11) is 0. The van der Waals surface area contributed by atoms with E-state index in [4.69, 9.17) is 9.84 Å². The second kappa shape index (κ2) is 4.40. The molecule has 1 aromatic rings. The van der Waals surface area contributed by atoms with Crippen LogP contribution >= 0.6 is 0 Å². The van der Waals surface area contributed by atoms with Crippen molar-refractivity contribution in [2.45, 2.75) is 24.9 Å². The van der Waals surface area contributed by atoms with E-state index < -0.39 is 35.5 Å². The SMILES string of the molecule is O=c1[nH]c(=O)n(C2O[C@H](CO)C[C@@H]2O)cc1F. The van der Waals surface area contributed by atoms with Crippen LogP contribution in [0, 0.1) is 5.82 Å². The van der Waals surface area contributed by atoms with Gasteiger partial charge in [0.15, 0.2) is 6.23 Å². The van der Waals surface area contributed by atoms with Crippen LogP contribution in [-0.2, 0) is 4.74 Å². The molecule has 1 aromatic heterocycles. The Hall–Kier alpha value is -1.51. The van der Waals surface area contributed by atoms with Gasteiger partial charge in [0.2, 0.25) is 5.82 Å². The number of H-pyrrole nitrogens is 1. The van der Waals surface area contributed by atoms with E-state index in [0.717, 1.165) is 4.57 Å². The van der Waals surface area contributed by atoms with Gasteiger partial charge in [0.25, 0.3) is 5.56 Å². The van der Waals surface area contributed by atoms with E-state index in [0.29, 0.717) is 6.20 Å². The molecule has 1 saturated heterocycles. The number of ether oxygens (including phenoxy) is 1. The normalized spacial score (nSPS) is 28.5. The highest BCUT2D eigenvalue weighted by Crippen LogP contribution is 2.27. The molecule has 2 rings (SSSR count). The van der Waals surface area contributed by atoms with Crippen LogP contribution in [-0.4, -0.2) is 38.6 Å². The molecule has 8 heteroatoms. The molecule has 0 bridgehead atoms. The second-order valence-electron chi connectivity index (χ2n) is 3.78. The number of nitrogens with one attached hydrogen (secondary N) is 1. The number of nitrogens with zero attached hydrogens (tertiary/aromatic N) is 1. The predicted molar refractivity (Wildman–Crippen MR) is 52.9 cm³/mol. The first-order valence-electron chi connectivity index (χ1n) is 4.98. The van der Waals surface area contributed by atoms with E-state index in [1.807, 2.05) is 0 Å². The first-order valence-corrected chi connectivity index (χ1v) is 4.98. The first kappa shape index (κ1) is 12.0. The van der Waals surface area contributed by atoms with Crippen molar-refractivity contribution in [1.29, 1.82) is 0 Å². The van der Waals surface area contributed by atoms with Gasteiger partial charge in [-0.25, -0.2) is 4.79 Å². The summed E-state index contributed by atoms with van der Waals surface area (Å²) in [6.45, 7) is -0.311. The third-order valence-electron chi connectivity index (χ3n) is 2.57. The van der Waals surface area contributed by atoms with Crippen molar-refractivity contribution in [3.05, 3.63) is 32.9 Å². The van der Waals surface area contributed by atoms with Crippen LogP contribution in [0.5, 0.6) is 0 Å². The molecular formula is C9H11FN2O5. The molecule has 2 heterocycles. The molecule has 0 radical (unpaired) electrons. The van der Waals surface area contributed by atoms with Crippen molar-refractivity contribution in [2.75, 3.05) is 6.61 Å². The Labute approximate surface area is 94.1 Å². The summed E-state index contributed by atoms with van der Waals surface area (Å²) in [5, 5.41) is 18.5. The molecule has 0 spiro atoms. The molecule has 1 unspecified atom stereocenters. The highest BCUT2D eigenvalue weighted by molar-refractivity contribution is 4.91. The second-order valence-corrected chi connectivity index (χ2v) is 3.78. The summed E-state index contributed by atoms with van der Waals surface area (Å²) < 4.78 is 18.9. The highest BCUT2D eigenvalue weighted by Gasteiger charge is 2.35. The molecule has 1 aliphatic rings. The molecule has 3 N–H and O–H groups in total. The fourth-order valence-corrected chi connectivity index (χ4v) is 1.75. The molecule has 3 atom stereocenters. The standard InChI is InChI=1S/C9H11FN2O5/c10-5-2-12(9(16)11-7(5)15)8-6(14)1-4(3-13)17-8/h2,4,6,8,13-14H,1,3H2,(H,11,15,16)/t4-,6-,8?/m0/s1. The summed E-state index contributed by atoms with van der Waals surface area (Å²) in [5.41, 5.74) is -2.00. The van der Waals surface area contributed by atoms with Gasteiger partial charge in [-0.1, -0.05) is 0 Å². The molecule has 94 valence electrons. The van der Waals surface area contributed by atoms with Gasteiger partial charge in [-0.3, -0.25) is 14.3 Å². The zero-order valence-corrected chi connectivity index (χ0v) is 8.67. The zero-order chi connectivity index (χ0) is 12.6. The van der Waals surface area contributed by atoms with Crippen LogP contribution in [0.25, 0.3) is 0 Å². The van der Waals surface area contributed by atoms with Crippen molar-refractivity contribution in [3.63, 3.8) is 0 Å². The van der Waals surface area contributed by atoms with Gasteiger partial charge >= 0.3 is 5.69 Å². The molecule has 7 nitrogen and oxygen atoms in total. The van der Waals surface area contributed by atoms with E-state index in [9.17, 15) is 19.1 Å². The van der Waals surface area contributed by atoms with Gasteiger partial charge in [0, 0.05) is 6.42 Å². The Morgan fingerprint density at radius 1 is 1.59 bits per heavy atom. The van der Waals surface area contributed by atoms with Crippen LogP contribution in [0.2, 0.25) is 0 Å². The molecule has 17 heavy (non-hydrogen) atoms. The van der Waals surface area contributed by atoms with Gasteiger partial charge in [-0.15, -0.1) is 0 Å². The summed E-state index contributed by atoms with van der Waals surface area (Å²) in [6.07, 6.45) is -1.96. The number of aliphatic hydroxyl groups is 2. The Balaban J connectivity index is 2.38. The average Bonchev–Trinajstić information content (AvgIpc) is 2.65. The van der Waals surface area contributed by atoms with Gasteiger partial charge in [0.05, 0.1) is 18.9 Å². The number of aliphatic hydroxyl groups excluding tert-OH is 2. The molecule has 0 amide bonds. The number of aromatic nitrogens is 2. The summed E-state index contributed by atoms with van der Waals surface area (Å²) in [5.74, 6) is -1.15. The molecule has 0 saturated carbocycles. The van der Waals surface area contributed by atoms with Gasteiger partial charge in [0.1, 0.15) is 6.10 Å². The largest absolute Gasteiger partial charge is 0.394 e. The number of hydrogen-bond acceptors (Lipinski definition) is 5. The van der Waals surface area contributed by atoms with Crippen LogP contribution < -0.4 is 11.2 Å². The van der Waals surface area contributed by atoms with Crippen molar-refractivity contribution in [3.8, 4) is 0 Å². The van der Waals surface area contributed by atoms with E-state index >= 15 is 0 Å². The Morgan fingerprint density at radius 3 is 2.88 bits per heavy atom. The van der Waals surface area contributed by atoms with Crippen molar-refractivity contribution in [2.24, 2.45) is 0 Å². The Kier molecular flexibility index (Phi) is 3.09. The molecule has 0 aliphatic carbocycles. The maximum atomic E-state index is 13.0. The number of halogens is 1. The fourth-order valence-electron chi connectivity index (χ4n) is 1.75. The minimum Gasteiger partial charge on any atom is -0.394 e. The third-order valence-corrected chi connectivity index (χ3v) is 2.57. The number of aromatic amines is 1. The third kappa shape index (κ3) is 2.14. The van der Waals surface area contributed by atoms with E-state index in [2.05, 4.69) is 0 Å². The number of hydrogen-bond donors (Lipinski definition) is 3. The van der Waals surface area contributed by atoms with Crippen LogP contribution in [0.1, 0.15) is 12.6 Å². The Bertz CT molecular complexity index is 525. The minimum atomic E-state index is -1.15. The topological polar surface area (TPSA) is 105 Å². The van der Waals surface area contributed by atoms with Crippen LogP contribution in [0.3, 0.4) is 0 Å². The lowest BCUT2D eigenvalue weighted by atomic mass is 10.2. The summed E-state index contributed by atoms with van der Waals surface area (Å²) >= 11 is 0. The van der Waals surface area contributed by atoms with Gasteiger partial charge in [-0.05, 0) is 0 Å². The van der Waals surface area contributed by atoms with Gasteiger partial charge in [-0.2, -0.15) is 4.39 Å². The monoisotopic (exact) mass is 246 g/mol. The minimum absolute atomic E-state index is 0.133. The van der Waals surface area contributed by atoms with Crippen molar-refractivity contribution in [1.82, 2.24) is 9.55 Å². The Morgan fingerprint density at radius 2 is 2.29 bits per heavy atom. The van der Waals surface area contributed by atoms with E-state index in [1.54, 1.807) is 4.98 Å². The molecule has 1 aliphatic heterocycles. The van der Waals surface area contributed by atoms with Crippen molar-refractivity contribution < 1.29 is 19.3 Å². The smallest absolute Gasteiger partial charge is 0.330 e. The van der Waals surface area contributed by atoms with E-state index in [1.165, 1.54) is 0 Å². The molecular weight excluding hydrogens is 235 g/mol. The zero-order valence-electron chi connectivity index (χ0n) is 8.67. The van der Waals surface area contributed by atoms with E-state index in [-0.39, 0.29) is 13.0 Å². The lowest BCUT2D eigenvalue weighted by Crippen LogP contribution is -2.36. The van der Waals surface area contributed by atoms with Gasteiger partial charge < -0.3 is 14.9 Å². The van der Waals surface area contributed by atoms with Crippen LogP contribution in [0.15, 0.2) is 15.8 Å².